The molecule has 0 N–H and O–H groups in total. The number of aromatic nitrogens is 1. The predicted molar refractivity (Wildman–Crippen MR) is 64.3 cm³/mol. The molecule has 0 aliphatic carbocycles. The molecule has 1 aromatic heterocycles. The van der Waals surface area contributed by atoms with Crippen LogP contribution in [0.5, 0.6) is 5.88 Å². The summed E-state index contributed by atoms with van der Waals surface area (Å²) in [7, 11) is 0. The first-order valence-electron chi connectivity index (χ1n) is 5.52. The van der Waals surface area contributed by atoms with Crippen molar-refractivity contribution in [2.24, 2.45) is 0 Å². The fraction of sp³-hybridized carbons (Fsp3) is 0.231. The Hall–Kier alpha value is -2.17. The van der Waals surface area contributed by atoms with E-state index >= 15 is 0 Å². The second-order valence-electron chi connectivity index (χ2n) is 3.51. The molecule has 0 fully saturated rings. The van der Waals surface area contributed by atoms with Crippen LogP contribution in [0.4, 0.5) is 4.39 Å². The number of pyridine rings is 1. The van der Waals surface area contributed by atoms with Gasteiger partial charge in [0.2, 0.25) is 12.7 Å². The van der Waals surface area contributed by atoms with Crippen molar-refractivity contribution < 1.29 is 18.7 Å². The number of nitrogens with zero attached hydrogens (tertiary/aromatic N) is 1. The zero-order valence-electron chi connectivity index (χ0n) is 9.85. The smallest absolute Gasteiger partial charge is 0.343 e. The number of hydrogen-bond acceptors (Lipinski definition) is 4. The fourth-order valence-corrected chi connectivity index (χ4v) is 1.62. The predicted octanol–water partition coefficient (Wildman–Crippen LogP) is 2.72. The van der Waals surface area contributed by atoms with E-state index in [4.69, 9.17) is 9.47 Å². The molecule has 94 valence electrons. The first-order valence-corrected chi connectivity index (χ1v) is 5.52. The summed E-state index contributed by atoms with van der Waals surface area (Å²) in [4.78, 5) is 15.8. The SMILES string of the molecule is CCOC(=O)c1cc2ccccc2nc1OCF. The van der Waals surface area contributed by atoms with Gasteiger partial charge < -0.3 is 9.47 Å². The van der Waals surface area contributed by atoms with Crippen molar-refractivity contribution in [2.75, 3.05) is 13.5 Å². The molecule has 0 saturated carbocycles. The summed E-state index contributed by atoms with van der Waals surface area (Å²) in [5.41, 5.74) is 0.766. The normalized spacial score (nSPS) is 10.3. The minimum absolute atomic E-state index is 0.0466. The molecule has 0 aliphatic rings. The number of alkyl halides is 1. The third-order valence-electron chi connectivity index (χ3n) is 2.38. The fourth-order valence-electron chi connectivity index (χ4n) is 1.62. The van der Waals surface area contributed by atoms with Crippen molar-refractivity contribution in [2.45, 2.75) is 6.92 Å². The van der Waals surface area contributed by atoms with E-state index in [-0.39, 0.29) is 18.1 Å². The molecule has 0 unspecified atom stereocenters. The topological polar surface area (TPSA) is 48.4 Å². The number of esters is 1. The van der Waals surface area contributed by atoms with E-state index in [1.54, 1.807) is 25.1 Å². The van der Waals surface area contributed by atoms with Crippen LogP contribution in [-0.2, 0) is 4.74 Å². The molecular weight excluding hydrogens is 237 g/mol. The third kappa shape index (κ3) is 2.40. The van der Waals surface area contributed by atoms with Gasteiger partial charge >= 0.3 is 5.97 Å². The van der Waals surface area contributed by atoms with Crippen molar-refractivity contribution in [1.82, 2.24) is 4.98 Å². The van der Waals surface area contributed by atoms with Crippen molar-refractivity contribution in [1.29, 1.82) is 0 Å². The number of carbonyl (C=O) groups excluding carboxylic acids is 1. The van der Waals surface area contributed by atoms with Gasteiger partial charge in [0.1, 0.15) is 5.56 Å². The monoisotopic (exact) mass is 249 g/mol. The third-order valence-corrected chi connectivity index (χ3v) is 2.38. The van der Waals surface area contributed by atoms with Gasteiger partial charge in [-0.2, -0.15) is 0 Å². The molecule has 0 spiro atoms. The van der Waals surface area contributed by atoms with Crippen LogP contribution in [0, 0.1) is 0 Å². The van der Waals surface area contributed by atoms with Gasteiger partial charge in [-0.05, 0) is 19.1 Å². The van der Waals surface area contributed by atoms with Crippen LogP contribution in [-0.4, -0.2) is 24.4 Å². The summed E-state index contributed by atoms with van der Waals surface area (Å²) >= 11 is 0. The largest absolute Gasteiger partial charge is 0.462 e. The lowest BCUT2D eigenvalue weighted by Gasteiger charge is -2.08. The van der Waals surface area contributed by atoms with E-state index in [0.717, 1.165) is 5.39 Å². The highest BCUT2D eigenvalue weighted by Gasteiger charge is 2.16. The maximum atomic E-state index is 12.3. The molecule has 2 aromatic rings. The van der Waals surface area contributed by atoms with Crippen LogP contribution in [0.1, 0.15) is 17.3 Å². The first kappa shape index (κ1) is 12.3. The molecule has 0 bridgehead atoms. The standard InChI is InChI=1S/C13H12FNO3/c1-2-17-13(16)10-7-9-5-3-4-6-11(9)15-12(10)18-8-14/h3-7H,2,8H2,1H3. The minimum atomic E-state index is -1.04. The van der Waals surface area contributed by atoms with E-state index < -0.39 is 12.8 Å². The van der Waals surface area contributed by atoms with E-state index in [2.05, 4.69) is 4.98 Å². The Morgan fingerprint density at radius 3 is 2.89 bits per heavy atom. The van der Waals surface area contributed by atoms with Gasteiger partial charge in [0.05, 0.1) is 12.1 Å². The number of benzene rings is 1. The number of hydrogen-bond donors (Lipinski definition) is 0. The van der Waals surface area contributed by atoms with Crippen molar-refractivity contribution >= 4 is 16.9 Å². The number of ether oxygens (including phenoxy) is 2. The highest BCUT2D eigenvalue weighted by atomic mass is 19.1. The quantitative estimate of drug-likeness (QED) is 0.782. The molecule has 1 aromatic carbocycles. The maximum absolute atomic E-state index is 12.3. The number of rotatable bonds is 4. The van der Waals surface area contributed by atoms with Crippen LogP contribution in [0.3, 0.4) is 0 Å². The summed E-state index contributed by atoms with van der Waals surface area (Å²) in [5, 5.41) is 0.770. The Labute approximate surface area is 103 Å². The van der Waals surface area contributed by atoms with Crippen molar-refractivity contribution in [3.8, 4) is 5.88 Å². The summed E-state index contributed by atoms with van der Waals surface area (Å²) in [6, 6.07) is 8.79. The first-order chi connectivity index (χ1) is 8.76. The van der Waals surface area contributed by atoms with Gasteiger partial charge in [0.25, 0.3) is 0 Å². The Kier molecular flexibility index (Phi) is 3.72. The molecule has 0 radical (unpaired) electrons. The van der Waals surface area contributed by atoms with Gasteiger partial charge in [0.15, 0.2) is 0 Å². The van der Waals surface area contributed by atoms with Crippen molar-refractivity contribution in [3.05, 3.63) is 35.9 Å². The summed E-state index contributed by atoms with van der Waals surface area (Å²) in [5.74, 6) is -0.617. The Balaban J connectivity index is 2.53. The zero-order valence-corrected chi connectivity index (χ0v) is 9.85. The minimum Gasteiger partial charge on any atom is -0.462 e. The molecule has 4 nitrogen and oxygen atoms in total. The molecule has 18 heavy (non-hydrogen) atoms. The van der Waals surface area contributed by atoms with Gasteiger partial charge in [-0.25, -0.2) is 14.2 Å². The van der Waals surface area contributed by atoms with Crippen LogP contribution >= 0.6 is 0 Å². The lowest BCUT2D eigenvalue weighted by molar-refractivity contribution is 0.0518. The molecular formula is C13H12FNO3. The van der Waals surface area contributed by atoms with Crippen LogP contribution in [0.15, 0.2) is 30.3 Å². The van der Waals surface area contributed by atoms with Crippen LogP contribution in [0.25, 0.3) is 10.9 Å². The molecule has 0 saturated heterocycles. The Morgan fingerprint density at radius 2 is 2.17 bits per heavy atom. The van der Waals surface area contributed by atoms with Gasteiger partial charge in [-0.3, -0.25) is 0 Å². The molecule has 0 amide bonds. The lowest BCUT2D eigenvalue weighted by Crippen LogP contribution is -2.09. The van der Waals surface area contributed by atoms with Gasteiger partial charge in [0, 0.05) is 5.39 Å². The summed E-state index contributed by atoms with van der Waals surface area (Å²) in [6.07, 6.45) is 0. The number of carbonyl (C=O) groups is 1. The summed E-state index contributed by atoms with van der Waals surface area (Å²) < 4.78 is 21.9. The Morgan fingerprint density at radius 1 is 1.39 bits per heavy atom. The highest BCUT2D eigenvalue weighted by Crippen LogP contribution is 2.23. The van der Waals surface area contributed by atoms with E-state index in [1.165, 1.54) is 0 Å². The second kappa shape index (κ2) is 5.44. The molecule has 0 aliphatic heterocycles. The van der Waals surface area contributed by atoms with E-state index in [1.807, 2.05) is 12.1 Å². The van der Waals surface area contributed by atoms with Crippen LogP contribution in [0.2, 0.25) is 0 Å². The van der Waals surface area contributed by atoms with E-state index in [9.17, 15) is 9.18 Å². The van der Waals surface area contributed by atoms with Gasteiger partial charge in [-0.1, -0.05) is 18.2 Å². The number of para-hydroxylation sites is 1. The average molecular weight is 249 g/mol. The highest BCUT2D eigenvalue weighted by molar-refractivity contribution is 5.96. The van der Waals surface area contributed by atoms with Crippen LogP contribution < -0.4 is 4.74 Å². The molecule has 2 rings (SSSR count). The average Bonchev–Trinajstić information content (AvgIpc) is 2.38. The lowest BCUT2D eigenvalue weighted by atomic mass is 10.1. The molecule has 5 heteroatoms. The Bertz CT molecular complexity index is 571. The summed E-state index contributed by atoms with van der Waals surface area (Å²) in [6.45, 7) is 0.889. The number of halogens is 1. The van der Waals surface area contributed by atoms with Gasteiger partial charge in [-0.15, -0.1) is 0 Å². The maximum Gasteiger partial charge on any atom is 0.343 e. The molecule has 0 atom stereocenters. The van der Waals surface area contributed by atoms with E-state index in [0.29, 0.717) is 5.52 Å². The molecule has 1 heterocycles. The second-order valence-corrected chi connectivity index (χ2v) is 3.51. The zero-order chi connectivity index (χ0) is 13.0. The van der Waals surface area contributed by atoms with Crippen molar-refractivity contribution in [3.63, 3.8) is 0 Å². The number of fused-ring (bicyclic) bond motifs is 1.